The van der Waals surface area contributed by atoms with Crippen molar-refractivity contribution in [1.29, 1.82) is 0 Å². The standard InChI is InChI=1S/C16H13N5O3/c22-13-7-6-11(14(23)15(13)24)8-17-20-16-19-12(9-18-21-16)10-4-2-1-3-5-10/h1-9,22-24H,(H,19,20,21)/b17-8-. The lowest BCUT2D eigenvalue weighted by Gasteiger charge is -2.04. The largest absolute Gasteiger partial charge is 0.504 e. The lowest BCUT2D eigenvalue weighted by molar-refractivity contribution is 0.367. The Bertz CT molecular complexity index is 884. The van der Waals surface area contributed by atoms with Crippen molar-refractivity contribution in [3.05, 3.63) is 54.2 Å². The Morgan fingerprint density at radius 3 is 2.54 bits per heavy atom. The van der Waals surface area contributed by atoms with E-state index < -0.39 is 17.2 Å². The molecule has 0 aliphatic heterocycles. The highest BCUT2D eigenvalue weighted by molar-refractivity contribution is 5.86. The fourth-order valence-electron chi connectivity index (χ4n) is 1.95. The Hall–Kier alpha value is -3.68. The van der Waals surface area contributed by atoms with Crippen molar-refractivity contribution in [2.24, 2.45) is 5.10 Å². The number of rotatable bonds is 4. The lowest BCUT2D eigenvalue weighted by atomic mass is 10.2. The first kappa shape index (κ1) is 15.2. The van der Waals surface area contributed by atoms with Crippen molar-refractivity contribution >= 4 is 12.2 Å². The van der Waals surface area contributed by atoms with E-state index in [0.29, 0.717) is 5.69 Å². The third kappa shape index (κ3) is 3.22. The molecule has 24 heavy (non-hydrogen) atoms. The number of hydrazone groups is 1. The Morgan fingerprint density at radius 2 is 1.75 bits per heavy atom. The van der Waals surface area contributed by atoms with Crippen LogP contribution in [0, 0.1) is 0 Å². The molecule has 0 spiro atoms. The molecule has 0 bridgehead atoms. The van der Waals surface area contributed by atoms with E-state index in [1.54, 1.807) is 0 Å². The topological polar surface area (TPSA) is 124 Å². The van der Waals surface area contributed by atoms with E-state index in [-0.39, 0.29) is 11.5 Å². The molecule has 1 heterocycles. The van der Waals surface area contributed by atoms with Gasteiger partial charge < -0.3 is 15.3 Å². The highest BCUT2D eigenvalue weighted by Crippen LogP contribution is 2.36. The predicted molar refractivity (Wildman–Crippen MR) is 87.9 cm³/mol. The Morgan fingerprint density at radius 1 is 0.958 bits per heavy atom. The predicted octanol–water partition coefficient (Wildman–Crippen LogP) is 2.10. The van der Waals surface area contributed by atoms with Crippen LogP contribution in [-0.4, -0.2) is 36.7 Å². The molecular formula is C16H13N5O3. The summed E-state index contributed by atoms with van der Waals surface area (Å²) in [7, 11) is 0. The second-order valence-corrected chi connectivity index (χ2v) is 4.77. The van der Waals surface area contributed by atoms with Gasteiger partial charge in [-0.2, -0.15) is 10.2 Å². The minimum Gasteiger partial charge on any atom is -0.504 e. The zero-order valence-electron chi connectivity index (χ0n) is 12.3. The molecule has 0 atom stereocenters. The van der Waals surface area contributed by atoms with E-state index in [4.69, 9.17) is 0 Å². The van der Waals surface area contributed by atoms with Gasteiger partial charge in [-0.05, 0) is 12.1 Å². The first-order valence-corrected chi connectivity index (χ1v) is 6.93. The minimum absolute atomic E-state index is 0.176. The van der Waals surface area contributed by atoms with Crippen LogP contribution in [0.2, 0.25) is 0 Å². The van der Waals surface area contributed by atoms with E-state index in [2.05, 4.69) is 25.7 Å². The summed E-state index contributed by atoms with van der Waals surface area (Å²) in [6.07, 6.45) is 2.79. The fraction of sp³-hybridized carbons (Fsp3) is 0. The van der Waals surface area contributed by atoms with Crippen LogP contribution in [0.15, 0.2) is 53.8 Å². The number of benzene rings is 2. The summed E-state index contributed by atoms with van der Waals surface area (Å²) in [4.78, 5) is 4.28. The minimum atomic E-state index is -0.608. The third-order valence-electron chi connectivity index (χ3n) is 3.16. The van der Waals surface area contributed by atoms with Crippen molar-refractivity contribution in [3.8, 4) is 28.5 Å². The number of hydrogen-bond donors (Lipinski definition) is 4. The molecule has 2 aromatic carbocycles. The molecular weight excluding hydrogens is 310 g/mol. The summed E-state index contributed by atoms with van der Waals surface area (Å²) in [5.74, 6) is -1.32. The molecule has 120 valence electrons. The highest BCUT2D eigenvalue weighted by atomic mass is 16.3. The zero-order valence-corrected chi connectivity index (χ0v) is 12.3. The maximum absolute atomic E-state index is 9.70. The third-order valence-corrected chi connectivity index (χ3v) is 3.16. The lowest BCUT2D eigenvalue weighted by Crippen LogP contribution is -2.00. The number of aromatic hydroxyl groups is 3. The van der Waals surface area contributed by atoms with Gasteiger partial charge in [0.2, 0.25) is 5.75 Å². The quantitative estimate of drug-likeness (QED) is 0.329. The van der Waals surface area contributed by atoms with Crippen LogP contribution in [0.3, 0.4) is 0 Å². The molecule has 8 nitrogen and oxygen atoms in total. The van der Waals surface area contributed by atoms with E-state index in [9.17, 15) is 15.3 Å². The summed E-state index contributed by atoms with van der Waals surface area (Å²) in [5, 5.41) is 40.0. The van der Waals surface area contributed by atoms with E-state index in [1.165, 1.54) is 24.5 Å². The number of anilines is 1. The van der Waals surface area contributed by atoms with Crippen LogP contribution < -0.4 is 5.43 Å². The number of hydrogen-bond acceptors (Lipinski definition) is 8. The van der Waals surface area contributed by atoms with Crippen molar-refractivity contribution in [1.82, 2.24) is 15.2 Å². The Balaban J connectivity index is 1.77. The first-order valence-electron chi connectivity index (χ1n) is 6.93. The van der Waals surface area contributed by atoms with Crippen LogP contribution in [-0.2, 0) is 0 Å². The molecule has 1 aromatic heterocycles. The van der Waals surface area contributed by atoms with Gasteiger partial charge in [0.25, 0.3) is 5.95 Å². The van der Waals surface area contributed by atoms with Crippen molar-refractivity contribution in [2.75, 3.05) is 5.43 Å². The van der Waals surface area contributed by atoms with Gasteiger partial charge in [-0.3, -0.25) is 0 Å². The molecule has 0 aliphatic carbocycles. The maximum Gasteiger partial charge on any atom is 0.263 e. The monoisotopic (exact) mass is 323 g/mol. The molecule has 0 aliphatic rings. The van der Waals surface area contributed by atoms with Gasteiger partial charge in [-0.15, -0.1) is 5.10 Å². The summed E-state index contributed by atoms with van der Waals surface area (Å²) >= 11 is 0. The van der Waals surface area contributed by atoms with Crippen molar-refractivity contribution in [2.45, 2.75) is 0 Å². The van der Waals surface area contributed by atoms with Gasteiger partial charge in [0.05, 0.1) is 18.1 Å². The molecule has 8 heteroatoms. The molecule has 0 radical (unpaired) electrons. The van der Waals surface area contributed by atoms with Crippen LogP contribution >= 0.6 is 0 Å². The molecule has 0 saturated heterocycles. The summed E-state index contributed by atoms with van der Waals surface area (Å²) in [6.45, 7) is 0. The molecule has 3 rings (SSSR count). The van der Waals surface area contributed by atoms with Crippen LogP contribution in [0.25, 0.3) is 11.3 Å². The number of nitrogens with zero attached hydrogens (tertiary/aromatic N) is 4. The van der Waals surface area contributed by atoms with E-state index >= 15 is 0 Å². The molecule has 3 aromatic rings. The Labute approximate surface area is 136 Å². The highest BCUT2D eigenvalue weighted by Gasteiger charge is 2.09. The summed E-state index contributed by atoms with van der Waals surface area (Å²) in [6, 6.07) is 12.1. The first-order chi connectivity index (χ1) is 11.6. The Kier molecular flexibility index (Phi) is 4.19. The zero-order chi connectivity index (χ0) is 16.9. The molecule has 0 amide bonds. The number of nitrogens with one attached hydrogen (secondary N) is 1. The second-order valence-electron chi connectivity index (χ2n) is 4.77. The average molecular weight is 323 g/mol. The van der Waals surface area contributed by atoms with Gasteiger partial charge >= 0.3 is 0 Å². The van der Waals surface area contributed by atoms with E-state index in [0.717, 1.165) is 5.56 Å². The van der Waals surface area contributed by atoms with Crippen LogP contribution in [0.5, 0.6) is 17.2 Å². The number of aromatic nitrogens is 3. The molecule has 4 N–H and O–H groups in total. The number of phenols is 3. The second kappa shape index (κ2) is 6.61. The SMILES string of the molecule is Oc1ccc(/C=N\Nc2nncc(-c3ccccc3)n2)c(O)c1O. The van der Waals surface area contributed by atoms with Gasteiger partial charge in [0.15, 0.2) is 11.5 Å². The van der Waals surface area contributed by atoms with Crippen LogP contribution in [0.4, 0.5) is 5.95 Å². The molecule has 0 unspecified atom stereocenters. The van der Waals surface area contributed by atoms with Gasteiger partial charge in [0.1, 0.15) is 0 Å². The summed E-state index contributed by atoms with van der Waals surface area (Å²) < 4.78 is 0. The average Bonchev–Trinajstić information content (AvgIpc) is 2.63. The molecule has 0 fully saturated rings. The van der Waals surface area contributed by atoms with Gasteiger partial charge in [0, 0.05) is 11.1 Å². The van der Waals surface area contributed by atoms with Crippen molar-refractivity contribution in [3.63, 3.8) is 0 Å². The van der Waals surface area contributed by atoms with Gasteiger partial charge in [-0.25, -0.2) is 10.4 Å². The maximum atomic E-state index is 9.70. The number of phenolic OH excluding ortho intramolecular Hbond substituents is 3. The summed E-state index contributed by atoms with van der Waals surface area (Å²) in [5.41, 5.74) is 4.33. The van der Waals surface area contributed by atoms with Crippen molar-refractivity contribution < 1.29 is 15.3 Å². The smallest absolute Gasteiger partial charge is 0.263 e. The fourth-order valence-corrected chi connectivity index (χ4v) is 1.95. The van der Waals surface area contributed by atoms with Crippen LogP contribution in [0.1, 0.15) is 5.56 Å². The normalized spacial score (nSPS) is 10.8. The molecule has 0 saturated carbocycles. The van der Waals surface area contributed by atoms with Gasteiger partial charge in [-0.1, -0.05) is 30.3 Å². The van der Waals surface area contributed by atoms with E-state index in [1.807, 2.05) is 30.3 Å².